The highest BCUT2D eigenvalue weighted by molar-refractivity contribution is 7.80. The summed E-state index contributed by atoms with van der Waals surface area (Å²) in [6.45, 7) is 14.7. The minimum absolute atomic E-state index is 0.124. The van der Waals surface area contributed by atoms with Gasteiger partial charge in [-0.3, -0.25) is 0 Å². The van der Waals surface area contributed by atoms with Crippen LogP contribution in [-0.4, -0.2) is 88.0 Å². The molecule has 3 heterocycles. The number of hydrogen-bond acceptors (Lipinski definition) is 7. The van der Waals surface area contributed by atoms with Crippen molar-refractivity contribution in [3.8, 4) is 0 Å². The first-order chi connectivity index (χ1) is 14.2. The normalized spacial score (nSPS) is 22.3. The number of thiol groups is 1. The Morgan fingerprint density at radius 3 is 1.52 bits per heavy atom. The second-order valence-corrected chi connectivity index (χ2v) is 11.1. The largest absolute Gasteiger partial charge is 0.444 e. The third-order valence-electron chi connectivity index (χ3n) is 5.52. The Balaban J connectivity index is 0.000000220. The van der Waals surface area contributed by atoms with Crippen molar-refractivity contribution in [2.24, 2.45) is 0 Å². The lowest BCUT2D eigenvalue weighted by Gasteiger charge is -2.37. The van der Waals surface area contributed by atoms with Crippen LogP contribution < -0.4 is 0 Å². The predicted molar refractivity (Wildman–Crippen MR) is 122 cm³/mol. The molecule has 0 unspecified atom stereocenters. The Hall–Kier alpha value is -1.19. The molecule has 3 aliphatic rings. The average Bonchev–Trinajstić information content (AvgIpc) is 3.39. The number of carbonyl (C=O) groups is 2. The Labute approximate surface area is 192 Å². The highest BCUT2D eigenvalue weighted by Gasteiger charge is 2.47. The van der Waals surface area contributed by atoms with Gasteiger partial charge in [0.1, 0.15) is 11.2 Å². The van der Waals surface area contributed by atoms with E-state index in [0.29, 0.717) is 31.7 Å². The van der Waals surface area contributed by atoms with Crippen molar-refractivity contribution in [3.05, 3.63) is 0 Å². The fourth-order valence-corrected chi connectivity index (χ4v) is 3.72. The van der Waals surface area contributed by atoms with Crippen LogP contribution in [0.3, 0.4) is 0 Å². The van der Waals surface area contributed by atoms with Gasteiger partial charge in [0, 0.05) is 31.9 Å². The smallest absolute Gasteiger partial charge is 0.410 e. The summed E-state index contributed by atoms with van der Waals surface area (Å²) in [5.74, 6) is 0.440. The van der Waals surface area contributed by atoms with Crippen molar-refractivity contribution in [2.45, 2.75) is 89.6 Å². The molecule has 2 amide bonds. The highest BCUT2D eigenvalue weighted by atomic mass is 32.1. The van der Waals surface area contributed by atoms with Crippen LogP contribution >= 0.6 is 12.6 Å². The van der Waals surface area contributed by atoms with E-state index in [-0.39, 0.29) is 17.8 Å². The van der Waals surface area contributed by atoms with E-state index in [9.17, 15) is 14.7 Å². The third kappa shape index (κ3) is 8.69. The van der Waals surface area contributed by atoms with Crippen molar-refractivity contribution in [3.63, 3.8) is 0 Å². The topological polar surface area (TPSA) is 91.8 Å². The molecule has 1 spiro atoms. The maximum Gasteiger partial charge on any atom is 0.410 e. The molecule has 31 heavy (non-hydrogen) atoms. The molecule has 0 saturated carbocycles. The van der Waals surface area contributed by atoms with E-state index < -0.39 is 16.8 Å². The van der Waals surface area contributed by atoms with Crippen LogP contribution in [0.25, 0.3) is 0 Å². The molecule has 180 valence electrons. The summed E-state index contributed by atoms with van der Waals surface area (Å²) in [5.41, 5.74) is -1.46. The van der Waals surface area contributed by atoms with Gasteiger partial charge < -0.3 is 29.1 Å². The van der Waals surface area contributed by atoms with Crippen LogP contribution in [-0.2, 0) is 14.2 Å². The maximum atomic E-state index is 11.7. The lowest BCUT2D eigenvalue weighted by Crippen LogP contribution is -2.48. The summed E-state index contributed by atoms with van der Waals surface area (Å²) >= 11 is 4.11. The van der Waals surface area contributed by atoms with Gasteiger partial charge in [-0.2, -0.15) is 12.6 Å². The van der Waals surface area contributed by atoms with E-state index in [2.05, 4.69) is 12.6 Å². The van der Waals surface area contributed by atoms with E-state index in [0.717, 1.165) is 32.5 Å². The molecule has 0 atom stereocenters. The van der Waals surface area contributed by atoms with Gasteiger partial charge in [-0.15, -0.1) is 0 Å². The molecule has 9 heteroatoms. The molecular formula is C22H40N2O6S. The minimum Gasteiger partial charge on any atom is -0.444 e. The molecule has 0 aromatic carbocycles. The molecular weight excluding hydrogens is 420 g/mol. The standard InChI is InChI=1S/C11H21NO3S.C11H19NO3/c1-10(2,3)15-9(13)12-6-4-11(14,8-16)5-7-12;1-10(2,3)15-9(13)12-6-4-11(5-7-12)8-14-11/h14,16H,4-8H2,1-3H3;4-8H2,1-3H3. The van der Waals surface area contributed by atoms with Crippen LogP contribution in [0.15, 0.2) is 0 Å². The lowest BCUT2D eigenvalue weighted by atomic mass is 9.94. The van der Waals surface area contributed by atoms with Gasteiger partial charge in [-0.25, -0.2) is 9.59 Å². The van der Waals surface area contributed by atoms with Crippen molar-refractivity contribution < 1.29 is 28.9 Å². The Bertz CT molecular complexity index is 621. The second kappa shape index (κ2) is 9.75. The average molecular weight is 461 g/mol. The molecule has 3 rings (SSSR count). The summed E-state index contributed by atoms with van der Waals surface area (Å²) in [4.78, 5) is 26.8. The van der Waals surface area contributed by atoms with Crippen molar-refractivity contribution in [1.29, 1.82) is 0 Å². The van der Waals surface area contributed by atoms with E-state index in [4.69, 9.17) is 14.2 Å². The van der Waals surface area contributed by atoms with Crippen molar-refractivity contribution in [2.75, 3.05) is 38.5 Å². The number of ether oxygens (including phenoxy) is 3. The summed E-state index contributed by atoms with van der Waals surface area (Å²) < 4.78 is 16.0. The second-order valence-electron chi connectivity index (χ2n) is 10.8. The summed E-state index contributed by atoms with van der Waals surface area (Å²) in [6, 6.07) is 0. The molecule has 1 N–H and O–H groups in total. The van der Waals surface area contributed by atoms with Gasteiger partial charge in [-0.05, 0) is 67.2 Å². The van der Waals surface area contributed by atoms with E-state index >= 15 is 0 Å². The Morgan fingerprint density at radius 2 is 1.23 bits per heavy atom. The summed E-state index contributed by atoms with van der Waals surface area (Å²) in [6.07, 6.45) is 2.54. The SMILES string of the molecule is CC(C)(C)OC(=O)N1CCC(O)(CS)CC1.CC(C)(C)OC(=O)N1CCC2(CC1)CO2. The quantitative estimate of drug-likeness (QED) is 0.460. The van der Waals surface area contributed by atoms with E-state index in [1.54, 1.807) is 9.80 Å². The van der Waals surface area contributed by atoms with Crippen LogP contribution in [0.1, 0.15) is 67.2 Å². The number of piperidine rings is 2. The van der Waals surface area contributed by atoms with Crippen molar-refractivity contribution in [1.82, 2.24) is 9.80 Å². The number of epoxide rings is 1. The number of carbonyl (C=O) groups excluding carboxylic acids is 2. The van der Waals surface area contributed by atoms with Crippen molar-refractivity contribution >= 4 is 24.8 Å². The first-order valence-electron chi connectivity index (χ1n) is 11.1. The zero-order valence-electron chi connectivity index (χ0n) is 19.9. The predicted octanol–water partition coefficient (Wildman–Crippen LogP) is 3.46. The van der Waals surface area contributed by atoms with Crippen LogP contribution in [0.2, 0.25) is 0 Å². The number of nitrogens with zero attached hydrogens (tertiary/aromatic N) is 2. The van der Waals surface area contributed by atoms with Crippen LogP contribution in [0, 0.1) is 0 Å². The van der Waals surface area contributed by atoms with Gasteiger partial charge in [0.2, 0.25) is 0 Å². The van der Waals surface area contributed by atoms with Gasteiger partial charge in [0.25, 0.3) is 0 Å². The number of rotatable bonds is 1. The number of hydrogen-bond donors (Lipinski definition) is 2. The zero-order valence-corrected chi connectivity index (χ0v) is 20.8. The number of likely N-dealkylation sites (tertiary alicyclic amines) is 2. The zero-order chi connectivity index (χ0) is 23.5. The third-order valence-corrected chi connectivity index (χ3v) is 6.11. The molecule has 0 aromatic rings. The van der Waals surface area contributed by atoms with E-state index in [1.807, 2.05) is 41.5 Å². The first kappa shape index (κ1) is 26.1. The number of amides is 2. The number of aliphatic hydroxyl groups is 1. The summed E-state index contributed by atoms with van der Waals surface area (Å²) in [5, 5.41) is 9.96. The molecule has 0 bridgehead atoms. The molecule has 0 radical (unpaired) electrons. The van der Waals surface area contributed by atoms with Crippen LogP contribution in [0.5, 0.6) is 0 Å². The fourth-order valence-electron chi connectivity index (χ4n) is 3.40. The molecule has 3 saturated heterocycles. The molecule has 8 nitrogen and oxygen atoms in total. The fraction of sp³-hybridized carbons (Fsp3) is 0.909. The molecule has 3 fully saturated rings. The monoisotopic (exact) mass is 460 g/mol. The molecule has 3 aliphatic heterocycles. The summed E-state index contributed by atoms with van der Waals surface area (Å²) in [7, 11) is 0. The maximum absolute atomic E-state index is 11.7. The van der Waals surface area contributed by atoms with Gasteiger partial charge in [0.05, 0.1) is 17.8 Å². The van der Waals surface area contributed by atoms with Gasteiger partial charge in [0.15, 0.2) is 0 Å². The molecule has 0 aliphatic carbocycles. The first-order valence-corrected chi connectivity index (χ1v) is 11.7. The van der Waals surface area contributed by atoms with Crippen LogP contribution in [0.4, 0.5) is 9.59 Å². The highest BCUT2D eigenvalue weighted by Crippen LogP contribution is 2.37. The van der Waals surface area contributed by atoms with Gasteiger partial charge >= 0.3 is 12.2 Å². The Kier molecular flexibility index (Phi) is 8.20. The molecule has 0 aromatic heterocycles. The minimum atomic E-state index is -0.721. The van der Waals surface area contributed by atoms with Gasteiger partial charge in [-0.1, -0.05) is 0 Å². The van der Waals surface area contributed by atoms with E-state index in [1.165, 1.54) is 0 Å². The Morgan fingerprint density at radius 1 is 0.871 bits per heavy atom. The lowest BCUT2D eigenvalue weighted by molar-refractivity contribution is -0.0189.